The molecule has 0 heterocycles. The topological polar surface area (TPSA) is 46.3 Å². The van der Waals surface area contributed by atoms with Crippen LogP contribution in [0.4, 0.5) is 5.69 Å². The number of para-hydroxylation sites is 1. The number of aryl methyl sites for hydroxylation is 1. The smallest absolute Gasteiger partial charge is 0.243 e. The number of hydrogen-bond donors (Lipinski definition) is 1. The van der Waals surface area contributed by atoms with E-state index in [1.165, 1.54) is 0 Å². The second-order valence-corrected chi connectivity index (χ2v) is 5.11. The predicted molar refractivity (Wildman–Crippen MR) is 76.6 cm³/mol. The molecule has 1 amide bonds. The first-order valence-corrected chi connectivity index (χ1v) is 6.60. The van der Waals surface area contributed by atoms with Crippen molar-refractivity contribution in [2.75, 3.05) is 11.4 Å². The normalized spacial score (nSPS) is 12.6. The second kappa shape index (κ2) is 6.55. The number of nitrogens with zero attached hydrogens (tertiary/aromatic N) is 1. The molecule has 1 aromatic carbocycles. The van der Waals surface area contributed by atoms with Crippen LogP contribution in [0.15, 0.2) is 24.3 Å². The molecule has 0 spiro atoms. The Morgan fingerprint density at radius 1 is 1.33 bits per heavy atom. The standard InChI is InChI=1S/C15H24N2O/c1-5-17(14-9-7-6-8-12(14)4)15(18)13(16)10-11(2)3/h6-9,11,13H,5,10,16H2,1-4H3/t13-/m1/s1. The molecule has 1 aromatic rings. The molecule has 0 saturated heterocycles. The number of anilines is 1. The summed E-state index contributed by atoms with van der Waals surface area (Å²) in [5, 5.41) is 0. The lowest BCUT2D eigenvalue weighted by Gasteiger charge is -2.26. The quantitative estimate of drug-likeness (QED) is 0.871. The minimum atomic E-state index is -0.412. The highest BCUT2D eigenvalue weighted by Crippen LogP contribution is 2.20. The van der Waals surface area contributed by atoms with Gasteiger partial charge in [0.1, 0.15) is 0 Å². The lowest BCUT2D eigenvalue weighted by Crippen LogP contribution is -2.44. The van der Waals surface area contributed by atoms with E-state index in [2.05, 4.69) is 13.8 Å². The molecule has 18 heavy (non-hydrogen) atoms. The van der Waals surface area contributed by atoms with Gasteiger partial charge in [0.05, 0.1) is 6.04 Å². The van der Waals surface area contributed by atoms with Gasteiger partial charge in [0.2, 0.25) is 5.91 Å². The van der Waals surface area contributed by atoms with Crippen LogP contribution in [0.3, 0.4) is 0 Å². The maximum absolute atomic E-state index is 12.4. The van der Waals surface area contributed by atoms with Crippen LogP contribution in [-0.2, 0) is 4.79 Å². The molecule has 0 bridgehead atoms. The van der Waals surface area contributed by atoms with E-state index >= 15 is 0 Å². The molecule has 0 saturated carbocycles. The Labute approximate surface area is 110 Å². The minimum absolute atomic E-state index is 0.0144. The molecule has 1 atom stereocenters. The monoisotopic (exact) mass is 248 g/mol. The number of benzene rings is 1. The highest BCUT2D eigenvalue weighted by Gasteiger charge is 2.22. The first-order valence-electron chi connectivity index (χ1n) is 6.60. The molecule has 0 aliphatic rings. The molecule has 0 radical (unpaired) electrons. The van der Waals surface area contributed by atoms with E-state index in [0.29, 0.717) is 12.5 Å². The van der Waals surface area contributed by atoms with E-state index in [1.54, 1.807) is 4.90 Å². The van der Waals surface area contributed by atoms with Crippen molar-refractivity contribution in [2.24, 2.45) is 11.7 Å². The van der Waals surface area contributed by atoms with Crippen molar-refractivity contribution in [3.8, 4) is 0 Å². The van der Waals surface area contributed by atoms with Crippen LogP contribution >= 0.6 is 0 Å². The van der Waals surface area contributed by atoms with Gasteiger partial charge in [0, 0.05) is 12.2 Å². The van der Waals surface area contributed by atoms with Gasteiger partial charge in [0.25, 0.3) is 0 Å². The van der Waals surface area contributed by atoms with Crippen LogP contribution < -0.4 is 10.6 Å². The van der Waals surface area contributed by atoms with Crippen molar-refractivity contribution in [3.05, 3.63) is 29.8 Å². The Kier molecular flexibility index (Phi) is 5.35. The van der Waals surface area contributed by atoms with Crippen LogP contribution in [0.5, 0.6) is 0 Å². The Morgan fingerprint density at radius 2 is 1.94 bits per heavy atom. The average molecular weight is 248 g/mol. The number of likely N-dealkylation sites (N-methyl/N-ethyl adjacent to an activating group) is 1. The van der Waals surface area contributed by atoms with Crippen LogP contribution in [0.1, 0.15) is 32.8 Å². The number of nitrogens with two attached hydrogens (primary N) is 1. The summed E-state index contributed by atoms with van der Waals surface area (Å²) in [6.45, 7) is 8.80. The predicted octanol–water partition coefficient (Wildman–Crippen LogP) is 2.72. The first kappa shape index (κ1) is 14.7. The first-order chi connectivity index (χ1) is 8.47. The van der Waals surface area contributed by atoms with Crippen molar-refractivity contribution >= 4 is 11.6 Å². The summed E-state index contributed by atoms with van der Waals surface area (Å²) in [7, 11) is 0. The molecule has 0 aromatic heterocycles. The van der Waals surface area contributed by atoms with Gasteiger partial charge in [-0.05, 0) is 37.8 Å². The molecule has 0 aliphatic heterocycles. The zero-order valence-electron chi connectivity index (χ0n) is 11.8. The molecule has 2 N–H and O–H groups in total. The average Bonchev–Trinajstić information content (AvgIpc) is 2.31. The Morgan fingerprint density at radius 3 is 2.44 bits per heavy atom. The largest absolute Gasteiger partial charge is 0.320 e. The molecular formula is C15H24N2O. The van der Waals surface area contributed by atoms with Gasteiger partial charge < -0.3 is 10.6 Å². The van der Waals surface area contributed by atoms with Crippen molar-refractivity contribution in [2.45, 2.75) is 40.2 Å². The van der Waals surface area contributed by atoms with E-state index in [1.807, 2.05) is 38.1 Å². The number of amides is 1. The van der Waals surface area contributed by atoms with Crippen LogP contribution in [0.25, 0.3) is 0 Å². The number of hydrogen-bond acceptors (Lipinski definition) is 2. The molecule has 0 unspecified atom stereocenters. The van der Waals surface area contributed by atoms with Gasteiger partial charge in [-0.15, -0.1) is 0 Å². The SMILES string of the molecule is CCN(C(=O)[C@H](N)CC(C)C)c1ccccc1C. The molecule has 0 aliphatic carbocycles. The molecule has 3 heteroatoms. The highest BCUT2D eigenvalue weighted by molar-refractivity contribution is 5.97. The lowest BCUT2D eigenvalue weighted by molar-refractivity contribution is -0.120. The summed E-state index contributed by atoms with van der Waals surface area (Å²) >= 11 is 0. The van der Waals surface area contributed by atoms with Crippen LogP contribution in [0, 0.1) is 12.8 Å². The summed E-state index contributed by atoms with van der Waals surface area (Å²) in [5.74, 6) is 0.444. The Balaban J connectivity index is 2.90. The third-order valence-corrected chi connectivity index (χ3v) is 3.03. The lowest BCUT2D eigenvalue weighted by atomic mass is 10.0. The fraction of sp³-hybridized carbons (Fsp3) is 0.533. The molecular weight excluding hydrogens is 224 g/mol. The molecule has 1 rings (SSSR count). The van der Waals surface area contributed by atoms with Crippen LogP contribution in [-0.4, -0.2) is 18.5 Å². The Bertz CT molecular complexity index is 401. The van der Waals surface area contributed by atoms with E-state index in [4.69, 9.17) is 5.73 Å². The zero-order valence-corrected chi connectivity index (χ0v) is 11.8. The van der Waals surface area contributed by atoms with Crippen LogP contribution in [0.2, 0.25) is 0 Å². The minimum Gasteiger partial charge on any atom is -0.320 e. The van der Waals surface area contributed by atoms with E-state index < -0.39 is 6.04 Å². The highest BCUT2D eigenvalue weighted by atomic mass is 16.2. The zero-order chi connectivity index (χ0) is 13.7. The molecule has 3 nitrogen and oxygen atoms in total. The van der Waals surface area contributed by atoms with E-state index in [9.17, 15) is 4.79 Å². The third-order valence-electron chi connectivity index (χ3n) is 3.03. The maximum Gasteiger partial charge on any atom is 0.243 e. The fourth-order valence-electron chi connectivity index (χ4n) is 2.12. The number of rotatable bonds is 5. The van der Waals surface area contributed by atoms with Crippen molar-refractivity contribution in [1.82, 2.24) is 0 Å². The van der Waals surface area contributed by atoms with Gasteiger partial charge >= 0.3 is 0 Å². The third kappa shape index (κ3) is 3.57. The fourth-order valence-corrected chi connectivity index (χ4v) is 2.12. The Hall–Kier alpha value is -1.35. The summed E-state index contributed by atoms with van der Waals surface area (Å²) < 4.78 is 0. The summed E-state index contributed by atoms with van der Waals surface area (Å²) in [6.07, 6.45) is 0.723. The second-order valence-electron chi connectivity index (χ2n) is 5.11. The maximum atomic E-state index is 12.4. The summed E-state index contributed by atoms with van der Waals surface area (Å²) in [5.41, 5.74) is 8.05. The summed E-state index contributed by atoms with van der Waals surface area (Å²) in [4.78, 5) is 14.1. The van der Waals surface area contributed by atoms with Crippen molar-refractivity contribution < 1.29 is 4.79 Å². The van der Waals surface area contributed by atoms with Gasteiger partial charge in [-0.1, -0.05) is 32.0 Å². The van der Waals surface area contributed by atoms with Crippen molar-refractivity contribution in [1.29, 1.82) is 0 Å². The van der Waals surface area contributed by atoms with Gasteiger partial charge in [-0.25, -0.2) is 0 Å². The number of carbonyl (C=O) groups is 1. The van der Waals surface area contributed by atoms with Gasteiger partial charge in [-0.3, -0.25) is 4.79 Å². The molecule has 100 valence electrons. The summed E-state index contributed by atoms with van der Waals surface area (Å²) in [6, 6.07) is 7.50. The van der Waals surface area contributed by atoms with Gasteiger partial charge in [0.15, 0.2) is 0 Å². The van der Waals surface area contributed by atoms with E-state index in [-0.39, 0.29) is 5.91 Å². The molecule has 0 fully saturated rings. The van der Waals surface area contributed by atoms with Crippen molar-refractivity contribution in [3.63, 3.8) is 0 Å². The van der Waals surface area contributed by atoms with Gasteiger partial charge in [-0.2, -0.15) is 0 Å². The number of carbonyl (C=O) groups excluding carboxylic acids is 1. The van der Waals surface area contributed by atoms with E-state index in [0.717, 1.165) is 17.7 Å².